The minimum atomic E-state index is -0.231. The Kier molecular flexibility index (Phi) is 8.27. The highest BCUT2D eigenvalue weighted by Crippen LogP contribution is 2.21. The summed E-state index contributed by atoms with van der Waals surface area (Å²) in [5.41, 5.74) is 1.37. The molecule has 1 N–H and O–H groups in total. The van der Waals surface area contributed by atoms with Crippen LogP contribution in [0.15, 0.2) is 54.6 Å². The van der Waals surface area contributed by atoms with Gasteiger partial charge in [0.15, 0.2) is 6.61 Å². The summed E-state index contributed by atoms with van der Waals surface area (Å²) in [6.45, 7) is 1.93. The molecular formula is C24H30N2O4. The molecule has 0 bridgehead atoms. The van der Waals surface area contributed by atoms with E-state index >= 15 is 0 Å². The van der Waals surface area contributed by atoms with Gasteiger partial charge in [-0.3, -0.25) is 9.59 Å². The van der Waals surface area contributed by atoms with Gasteiger partial charge < -0.3 is 19.6 Å². The van der Waals surface area contributed by atoms with E-state index in [1.54, 1.807) is 29.2 Å². The molecule has 0 spiro atoms. The molecule has 2 aromatic rings. The van der Waals surface area contributed by atoms with Crippen molar-refractivity contribution in [2.75, 3.05) is 32.8 Å². The Bertz CT molecular complexity index is 817. The lowest BCUT2D eigenvalue weighted by atomic mass is 10.1. The van der Waals surface area contributed by atoms with Crippen molar-refractivity contribution in [1.29, 1.82) is 0 Å². The van der Waals surface area contributed by atoms with Crippen LogP contribution >= 0.6 is 0 Å². The smallest absolute Gasteiger partial charge is 0.260 e. The van der Waals surface area contributed by atoms with Crippen LogP contribution in [0.5, 0.6) is 5.75 Å². The molecule has 0 radical (unpaired) electrons. The van der Waals surface area contributed by atoms with Gasteiger partial charge in [-0.05, 0) is 30.5 Å². The summed E-state index contributed by atoms with van der Waals surface area (Å²) in [6, 6.07) is 16.6. The normalized spacial score (nSPS) is 14.1. The van der Waals surface area contributed by atoms with E-state index in [9.17, 15) is 14.7 Å². The molecule has 1 aliphatic rings. The number of likely N-dealkylation sites (tertiary alicyclic amines) is 1. The highest BCUT2D eigenvalue weighted by molar-refractivity contribution is 5.97. The zero-order valence-electron chi connectivity index (χ0n) is 17.3. The Morgan fingerprint density at radius 2 is 1.60 bits per heavy atom. The van der Waals surface area contributed by atoms with Crippen LogP contribution in [0.25, 0.3) is 0 Å². The van der Waals surface area contributed by atoms with Crippen LogP contribution in [-0.4, -0.2) is 59.6 Å². The molecule has 160 valence electrons. The molecule has 1 fully saturated rings. The van der Waals surface area contributed by atoms with Crippen molar-refractivity contribution in [3.05, 3.63) is 65.7 Å². The van der Waals surface area contributed by atoms with Gasteiger partial charge in [0.25, 0.3) is 11.8 Å². The number of aliphatic hydroxyl groups is 1. The van der Waals surface area contributed by atoms with Gasteiger partial charge in [0.2, 0.25) is 0 Å². The molecule has 0 atom stereocenters. The number of carbonyl (C=O) groups is 2. The van der Waals surface area contributed by atoms with Crippen LogP contribution in [0.4, 0.5) is 0 Å². The van der Waals surface area contributed by atoms with E-state index in [-0.39, 0.29) is 31.6 Å². The first-order chi connectivity index (χ1) is 14.7. The predicted molar refractivity (Wildman–Crippen MR) is 115 cm³/mol. The van der Waals surface area contributed by atoms with Gasteiger partial charge in [0.05, 0.1) is 12.2 Å². The van der Waals surface area contributed by atoms with Crippen LogP contribution in [0.3, 0.4) is 0 Å². The monoisotopic (exact) mass is 410 g/mol. The fourth-order valence-corrected chi connectivity index (χ4v) is 3.67. The van der Waals surface area contributed by atoms with Gasteiger partial charge in [-0.2, -0.15) is 0 Å². The number of benzene rings is 2. The van der Waals surface area contributed by atoms with Crippen molar-refractivity contribution in [1.82, 2.24) is 9.80 Å². The van der Waals surface area contributed by atoms with Crippen LogP contribution in [0.2, 0.25) is 0 Å². The molecule has 1 heterocycles. The first-order valence-corrected chi connectivity index (χ1v) is 10.6. The quantitative estimate of drug-likeness (QED) is 0.726. The molecule has 0 aliphatic carbocycles. The zero-order valence-corrected chi connectivity index (χ0v) is 17.3. The maximum absolute atomic E-state index is 13.2. The first-order valence-electron chi connectivity index (χ1n) is 10.6. The van der Waals surface area contributed by atoms with Crippen molar-refractivity contribution in [2.45, 2.75) is 32.2 Å². The van der Waals surface area contributed by atoms with E-state index in [1.165, 1.54) is 0 Å². The number of para-hydroxylation sites is 1. The van der Waals surface area contributed by atoms with Gasteiger partial charge in [-0.15, -0.1) is 0 Å². The number of carbonyl (C=O) groups excluding carboxylic acids is 2. The number of nitrogens with zero attached hydrogens (tertiary/aromatic N) is 2. The summed E-state index contributed by atoms with van der Waals surface area (Å²) in [5, 5.41) is 9.45. The second kappa shape index (κ2) is 11.4. The molecule has 6 heteroatoms. The van der Waals surface area contributed by atoms with E-state index in [0.717, 1.165) is 44.3 Å². The summed E-state index contributed by atoms with van der Waals surface area (Å²) < 4.78 is 5.79. The van der Waals surface area contributed by atoms with Crippen molar-refractivity contribution < 1.29 is 19.4 Å². The average molecular weight is 411 g/mol. The SMILES string of the molecule is O=C(COc1ccccc1C(=O)N(CCO)Cc1ccccc1)N1CCCCCC1. The molecule has 0 unspecified atom stereocenters. The van der Waals surface area contributed by atoms with Gasteiger partial charge >= 0.3 is 0 Å². The second-order valence-corrected chi connectivity index (χ2v) is 7.52. The van der Waals surface area contributed by atoms with Crippen LogP contribution < -0.4 is 4.74 Å². The summed E-state index contributed by atoms with van der Waals surface area (Å²) in [5.74, 6) is 0.114. The van der Waals surface area contributed by atoms with Crippen molar-refractivity contribution in [3.8, 4) is 5.75 Å². The molecule has 2 amide bonds. The lowest BCUT2D eigenvalue weighted by Gasteiger charge is -2.24. The largest absolute Gasteiger partial charge is 0.483 e. The zero-order chi connectivity index (χ0) is 21.2. The van der Waals surface area contributed by atoms with Gasteiger partial charge in [-0.1, -0.05) is 55.3 Å². The van der Waals surface area contributed by atoms with Crippen molar-refractivity contribution in [2.24, 2.45) is 0 Å². The highest BCUT2D eigenvalue weighted by Gasteiger charge is 2.21. The first kappa shape index (κ1) is 21.8. The van der Waals surface area contributed by atoms with Crippen molar-refractivity contribution in [3.63, 3.8) is 0 Å². The summed E-state index contributed by atoms with van der Waals surface area (Å²) in [7, 11) is 0. The maximum Gasteiger partial charge on any atom is 0.260 e. The third-order valence-corrected chi connectivity index (χ3v) is 5.30. The lowest BCUT2D eigenvalue weighted by Crippen LogP contribution is -2.36. The highest BCUT2D eigenvalue weighted by atomic mass is 16.5. The van der Waals surface area contributed by atoms with Crippen LogP contribution in [0.1, 0.15) is 41.6 Å². The fraction of sp³-hybridized carbons (Fsp3) is 0.417. The Hall–Kier alpha value is -2.86. The molecule has 3 rings (SSSR count). The van der Waals surface area contributed by atoms with E-state index in [0.29, 0.717) is 17.9 Å². The summed E-state index contributed by atoms with van der Waals surface area (Å²) in [6.07, 6.45) is 4.36. The van der Waals surface area contributed by atoms with Gasteiger partial charge in [0, 0.05) is 26.2 Å². The average Bonchev–Trinajstić information content (AvgIpc) is 3.07. The number of aliphatic hydroxyl groups excluding tert-OH is 1. The minimum absolute atomic E-state index is 0.0457. The molecule has 0 saturated carbocycles. The summed E-state index contributed by atoms with van der Waals surface area (Å²) in [4.78, 5) is 29.2. The number of amides is 2. The molecule has 1 saturated heterocycles. The molecule has 2 aromatic carbocycles. The Morgan fingerprint density at radius 1 is 0.933 bits per heavy atom. The predicted octanol–water partition coefficient (Wildman–Crippen LogP) is 3.10. The second-order valence-electron chi connectivity index (χ2n) is 7.52. The molecule has 0 aromatic heterocycles. The van der Waals surface area contributed by atoms with E-state index < -0.39 is 0 Å². The Balaban J connectivity index is 1.69. The van der Waals surface area contributed by atoms with E-state index in [2.05, 4.69) is 0 Å². The Morgan fingerprint density at radius 3 is 2.30 bits per heavy atom. The van der Waals surface area contributed by atoms with Crippen LogP contribution in [0, 0.1) is 0 Å². The third kappa shape index (κ3) is 6.07. The number of rotatable bonds is 8. The molecule has 30 heavy (non-hydrogen) atoms. The lowest BCUT2D eigenvalue weighted by molar-refractivity contribution is -0.133. The summed E-state index contributed by atoms with van der Waals surface area (Å²) >= 11 is 0. The Labute approximate surface area is 178 Å². The van der Waals surface area contributed by atoms with Crippen molar-refractivity contribution >= 4 is 11.8 Å². The number of ether oxygens (including phenoxy) is 1. The van der Waals surface area contributed by atoms with Gasteiger partial charge in [-0.25, -0.2) is 0 Å². The standard InChI is InChI=1S/C24H30N2O4/c27-17-16-26(18-20-10-4-3-5-11-20)24(29)21-12-6-7-13-22(21)30-19-23(28)25-14-8-1-2-9-15-25/h3-7,10-13,27H,1-2,8-9,14-19H2. The fourth-order valence-electron chi connectivity index (χ4n) is 3.67. The molecule has 6 nitrogen and oxygen atoms in total. The van der Waals surface area contributed by atoms with E-state index in [1.807, 2.05) is 35.2 Å². The topological polar surface area (TPSA) is 70.1 Å². The van der Waals surface area contributed by atoms with E-state index in [4.69, 9.17) is 4.74 Å². The van der Waals surface area contributed by atoms with Crippen LogP contribution in [-0.2, 0) is 11.3 Å². The minimum Gasteiger partial charge on any atom is -0.483 e. The maximum atomic E-state index is 13.2. The molecule has 1 aliphatic heterocycles. The van der Waals surface area contributed by atoms with Gasteiger partial charge in [0.1, 0.15) is 5.75 Å². The molecular weight excluding hydrogens is 380 g/mol. The number of hydrogen-bond acceptors (Lipinski definition) is 4. The number of hydrogen-bond donors (Lipinski definition) is 1. The third-order valence-electron chi connectivity index (χ3n) is 5.30.